The summed E-state index contributed by atoms with van der Waals surface area (Å²) in [6.45, 7) is 0.528. The number of nitrogen functional groups attached to an aromatic ring is 1. The Morgan fingerprint density at radius 1 is 1.53 bits per heavy atom. The predicted molar refractivity (Wildman–Crippen MR) is 62.6 cm³/mol. The van der Waals surface area contributed by atoms with Crippen LogP contribution in [-0.2, 0) is 0 Å². The number of carbonyl (C=O) groups is 1. The van der Waals surface area contributed by atoms with Crippen molar-refractivity contribution in [3.05, 3.63) is 17.7 Å². The van der Waals surface area contributed by atoms with Crippen LogP contribution in [-0.4, -0.2) is 24.8 Å². The van der Waals surface area contributed by atoms with Crippen molar-refractivity contribution in [3.8, 4) is 11.5 Å². The Labute approximate surface area is 99.1 Å². The maximum absolute atomic E-state index is 11.1. The average molecular weight is 237 g/mol. The number of hydrogen-bond acceptors (Lipinski definition) is 4. The van der Waals surface area contributed by atoms with Gasteiger partial charge in [0.25, 0.3) is 0 Å². The van der Waals surface area contributed by atoms with Gasteiger partial charge in [-0.2, -0.15) is 0 Å². The molecular formula is C12H15NO4. The Hall–Kier alpha value is -1.91. The molecule has 0 unspecified atom stereocenters. The highest BCUT2D eigenvalue weighted by atomic mass is 16.5. The van der Waals surface area contributed by atoms with Crippen molar-refractivity contribution in [1.82, 2.24) is 0 Å². The summed E-state index contributed by atoms with van der Waals surface area (Å²) < 4.78 is 10.6. The third-order valence-electron chi connectivity index (χ3n) is 2.69. The second-order valence-corrected chi connectivity index (χ2v) is 4.16. The summed E-state index contributed by atoms with van der Waals surface area (Å²) in [6.07, 6.45) is 2.28. The summed E-state index contributed by atoms with van der Waals surface area (Å²) in [4.78, 5) is 11.1. The maximum Gasteiger partial charge on any atom is 0.339 e. The molecule has 3 N–H and O–H groups in total. The van der Waals surface area contributed by atoms with Crippen molar-refractivity contribution >= 4 is 11.7 Å². The van der Waals surface area contributed by atoms with Gasteiger partial charge in [-0.05, 0) is 24.8 Å². The van der Waals surface area contributed by atoms with E-state index in [0.29, 0.717) is 24.0 Å². The van der Waals surface area contributed by atoms with E-state index in [0.717, 1.165) is 12.8 Å². The molecule has 0 aromatic heterocycles. The molecule has 1 saturated carbocycles. The van der Waals surface area contributed by atoms with Crippen molar-refractivity contribution in [2.45, 2.75) is 12.8 Å². The van der Waals surface area contributed by atoms with Crippen LogP contribution in [0.3, 0.4) is 0 Å². The van der Waals surface area contributed by atoms with Gasteiger partial charge in [0.05, 0.1) is 13.7 Å². The summed E-state index contributed by atoms with van der Waals surface area (Å²) in [7, 11) is 1.46. The van der Waals surface area contributed by atoms with Crippen LogP contribution in [0.25, 0.3) is 0 Å². The number of methoxy groups -OCH3 is 1. The van der Waals surface area contributed by atoms with Gasteiger partial charge in [-0.3, -0.25) is 0 Å². The van der Waals surface area contributed by atoms with E-state index in [2.05, 4.69) is 0 Å². The van der Waals surface area contributed by atoms with Gasteiger partial charge in [0.2, 0.25) is 0 Å². The lowest BCUT2D eigenvalue weighted by atomic mass is 10.1. The zero-order valence-corrected chi connectivity index (χ0v) is 9.60. The Bertz CT molecular complexity index is 440. The lowest BCUT2D eigenvalue weighted by Crippen LogP contribution is -2.08. The summed E-state index contributed by atoms with van der Waals surface area (Å²) in [6, 6.07) is 2.95. The third kappa shape index (κ3) is 2.61. The molecule has 1 fully saturated rings. The van der Waals surface area contributed by atoms with Crippen molar-refractivity contribution in [2.24, 2.45) is 5.92 Å². The first kappa shape index (κ1) is 11.6. The number of hydrogen-bond donors (Lipinski definition) is 2. The van der Waals surface area contributed by atoms with E-state index >= 15 is 0 Å². The molecule has 0 radical (unpaired) electrons. The first-order valence-electron chi connectivity index (χ1n) is 5.45. The molecule has 0 spiro atoms. The molecule has 1 aliphatic carbocycles. The molecule has 2 rings (SSSR count). The Morgan fingerprint density at radius 2 is 2.24 bits per heavy atom. The normalized spacial score (nSPS) is 14.4. The fourth-order valence-corrected chi connectivity index (χ4v) is 1.57. The lowest BCUT2D eigenvalue weighted by molar-refractivity contribution is 0.0691. The van der Waals surface area contributed by atoms with Gasteiger partial charge in [0.15, 0.2) is 11.5 Å². The number of ether oxygens (including phenoxy) is 2. The number of benzene rings is 1. The largest absolute Gasteiger partial charge is 0.493 e. The number of carboxylic acid groups (broad SMARTS) is 1. The van der Waals surface area contributed by atoms with E-state index in [1.54, 1.807) is 6.07 Å². The first-order valence-corrected chi connectivity index (χ1v) is 5.45. The maximum atomic E-state index is 11.1. The zero-order valence-electron chi connectivity index (χ0n) is 9.60. The molecule has 5 heteroatoms. The Balaban J connectivity index is 2.32. The van der Waals surface area contributed by atoms with Crippen LogP contribution in [0.2, 0.25) is 0 Å². The van der Waals surface area contributed by atoms with Crippen molar-refractivity contribution < 1.29 is 19.4 Å². The molecule has 1 aromatic carbocycles. The number of rotatable bonds is 5. The highest BCUT2D eigenvalue weighted by molar-refractivity contribution is 5.93. The molecule has 0 heterocycles. The number of anilines is 1. The highest BCUT2D eigenvalue weighted by Crippen LogP contribution is 2.36. The monoisotopic (exact) mass is 237 g/mol. The SMILES string of the molecule is COc1cc(N)cc(C(=O)O)c1OCC1CC1. The second-order valence-electron chi connectivity index (χ2n) is 4.16. The van der Waals surface area contributed by atoms with E-state index < -0.39 is 5.97 Å². The molecule has 0 atom stereocenters. The fraction of sp³-hybridized carbons (Fsp3) is 0.417. The summed E-state index contributed by atoms with van der Waals surface area (Å²) in [5.41, 5.74) is 6.00. The van der Waals surface area contributed by atoms with E-state index in [1.165, 1.54) is 13.2 Å². The van der Waals surface area contributed by atoms with Gasteiger partial charge in [-0.1, -0.05) is 0 Å². The molecule has 5 nitrogen and oxygen atoms in total. The Kier molecular flexibility index (Phi) is 3.08. The summed E-state index contributed by atoms with van der Waals surface area (Å²) in [5, 5.41) is 9.10. The van der Waals surface area contributed by atoms with Crippen LogP contribution in [0.1, 0.15) is 23.2 Å². The van der Waals surface area contributed by atoms with Crippen LogP contribution in [0.15, 0.2) is 12.1 Å². The van der Waals surface area contributed by atoms with E-state index in [9.17, 15) is 4.79 Å². The Morgan fingerprint density at radius 3 is 2.76 bits per heavy atom. The van der Waals surface area contributed by atoms with Gasteiger partial charge in [0, 0.05) is 11.8 Å². The van der Waals surface area contributed by atoms with Gasteiger partial charge in [0.1, 0.15) is 5.56 Å². The van der Waals surface area contributed by atoms with Crippen LogP contribution >= 0.6 is 0 Å². The highest BCUT2D eigenvalue weighted by Gasteiger charge is 2.25. The van der Waals surface area contributed by atoms with Gasteiger partial charge < -0.3 is 20.3 Å². The topological polar surface area (TPSA) is 81.8 Å². The molecule has 92 valence electrons. The lowest BCUT2D eigenvalue weighted by Gasteiger charge is -2.13. The summed E-state index contributed by atoms with van der Waals surface area (Å²) >= 11 is 0. The fourth-order valence-electron chi connectivity index (χ4n) is 1.57. The molecular weight excluding hydrogens is 222 g/mol. The van der Waals surface area contributed by atoms with Crippen LogP contribution in [0.5, 0.6) is 11.5 Å². The van der Waals surface area contributed by atoms with Crippen molar-refractivity contribution in [2.75, 3.05) is 19.5 Å². The smallest absolute Gasteiger partial charge is 0.339 e. The zero-order chi connectivity index (χ0) is 12.4. The molecule has 1 aromatic rings. The molecule has 0 aliphatic heterocycles. The minimum atomic E-state index is -1.07. The van der Waals surface area contributed by atoms with Crippen molar-refractivity contribution in [3.63, 3.8) is 0 Å². The number of nitrogens with two attached hydrogens (primary N) is 1. The molecule has 17 heavy (non-hydrogen) atoms. The average Bonchev–Trinajstić information content (AvgIpc) is 3.09. The number of carboxylic acids is 1. The standard InChI is InChI=1S/C12H15NO4/c1-16-10-5-8(13)4-9(12(14)15)11(10)17-6-7-2-3-7/h4-5,7H,2-3,6,13H2,1H3,(H,14,15). The van der Waals surface area contributed by atoms with Crippen LogP contribution in [0.4, 0.5) is 5.69 Å². The molecule has 1 aliphatic rings. The van der Waals surface area contributed by atoms with E-state index in [4.69, 9.17) is 20.3 Å². The number of aromatic carboxylic acids is 1. The van der Waals surface area contributed by atoms with Gasteiger partial charge in [-0.25, -0.2) is 4.79 Å². The molecule has 0 saturated heterocycles. The van der Waals surface area contributed by atoms with Crippen molar-refractivity contribution in [1.29, 1.82) is 0 Å². The van der Waals surface area contributed by atoms with E-state index in [-0.39, 0.29) is 11.3 Å². The quantitative estimate of drug-likeness (QED) is 0.762. The molecule has 0 bridgehead atoms. The first-order chi connectivity index (χ1) is 8.11. The third-order valence-corrected chi connectivity index (χ3v) is 2.69. The minimum absolute atomic E-state index is 0.0440. The second kappa shape index (κ2) is 4.53. The minimum Gasteiger partial charge on any atom is -0.493 e. The van der Waals surface area contributed by atoms with Gasteiger partial charge >= 0.3 is 5.97 Å². The van der Waals surface area contributed by atoms with Crippen LogP contribution < -0.4 is 15.2 Å². The summed E-state index contributed by atoms with van der Waals surface area (Å²) in [5.74, 6) is 0.101. The van der Waals surface area contributed by atoms with Crippen LogP contribution in [0, 0.1) is 5.92 Å². The van der Waals surface area contributed by atoms with E-state index in [1.807, 2.05) is 0 Å². The predicted octanol–water partition coefficient (Wildman–Crippen LogP) is 1.76. The van der Waals surface area contributed by atoms with Gasteiger partial charge in [-0.15, -0.1) is 0 Å². The molecule has 0 amide bonds.